The molecule has 2 N–H and O–H groups in total. The number of carbonyl (C=O) groups excluding carboxylic acids is 2. The van der Waals surface area contributed by atoms with Gasteiger partial charge >= 0.3 is 0 Å². The summed E-state index contributed by atoms with van der Waals surface area (Å²) in [6.07, 6.45) is 0. The SMILES string of the molecule is CC(=O)NCc1ccc(-c2csc(NC(=O)c3cccc(F)c3)n2)o1. The summed E-state index contributed by atoms with van der Waals surface area (Å²) in [5.41, 5.74) is 0.779. The fraction of sp³-hybridized carbons (Fsp3) is 0.118. The molecule has 2 amide bonds. The third kappa shape index (κ3) is 4.30. The van der Waals surface area contributed by atoms with E-state index in [4.69, 9.17) is 4.42 Å². The summed E-state index contributed by atoms with van der Waals surface area (Å²) in [4.78, 5) is 27.3. The molecule has 0 unspecified atom stereocenters. The minimum absolute atomic E-state index is 0.144. The standard InChI is InChI=1S/C17H14FN3O3S/c1-10(22)19-8-13-5-6-15(24-13)14-9-25-17(20-14)21-16(23)11-3-2-4-12(18)7-11/h2-7,9H,8H2,1H3,(H,19,22)(H,20,21,23). The first-order valence-corrected chi connectivity index (χ1v) is 8.25. The Hall–Kier alpha value is -3.00. The number of aromatic nitrogens is 1. The maximum absolute atomic E-state index is 13.2. The number of furan rings is 1. The summed E-state index contributed by atoms with van der Waals surface area (Å²) >= 11 is 1.23. The van der Waals surface area contributed by atoms with E-state index in [2.05, 4.69) is 15.6 Å². The molecule has 8 heteroatoms. The van der Waals surface area contributed by atoms with Crippen molar-refractivity contribution in [1.29, 1.82) is 0 Å². The lowest BCUT2D eigenvalue weighted by molar-refractivity contribution is -0.119. The van der Waals surface area contributed by atoms with Gasteiger partial charge in [0.2, 0.25) is 5.91 Å². The van der Waals surface area contributed by atoms with E-state index >= 15 is 0 Å². The average Bonchev–Trinajstić information content (AvgIpc) is 3.22. The summed E-state index contributed by atoms with van der Waals surface area (Å²) in [6.45, 7) is 1.72. The smallest absolute Gasteiger partial charge is 0.257 e. The number of thiazole rings is 1. The number of rotatable bonds is 5. The van der Waals surface area contributed by atoms with Gasteiger partial charge in [-0.05, 0) is 30.3 Å². The number of nitrogens with one attached hydrogen (secondary N) is 2. The van der Waals surface area contributed by atoms with Gasteiger partial charge in [-0.3, -0.25) is 14.9 Å². The van der Waals surface area contributed by atoms with Crippen molar-refractivity contribution in [3.05, 3.63) is 58.9 Å². The van der Waals surface area contributed by atoms with Crippen LogP contribution in [0.1, 0.15) is 23.0 Å². The Morgan fingerprint density at radius 3 is 2.88 bits per heavy atom. The van der Waals surface area contributed by atoms with Crippen LogP contribution in [0.25, 0.3) is 11.5 Å². The largest absolute Gasteiger partial charge is 0.458 e. The van der Waals surface area contributed by atoms with Gasteiger partial charge in [0.05, 0.1) is 6.54 Å². The second-order valence-electron chi connectivity index (χ2n) is 5.18. The molecule has 25 heavy (non-hydrogen) atoms. The number of hydrogen-bond donors (Lipinski definition) is 2. The maximum atomic E-state index is 13.2. The lowest BCUT2D eigenvalue weighted by Gasteiger charge is -2.01. The molecule has 0 saturated carbocycles. The summed E-state index contributed by atoms with van der Waals surface area (Å²) in [5.74, 6) is 0.0707. The van der Waals surface area contributed by atoms with E-state index in [1.807, 2.05) is 0 Å². The molecule has 0 fully saturated rings. The second-order valence-corrected chi connectivity index (χ2v) is 6.04. The predicted octanol–water partition coefficient (Wildman–Crippen LogP) is 3.43. The molecule has 6 nitrogen and oxygen atoms in total. The van der Waals surface area contributed by atoms with Gasteiger partial charge in [0.25, 0.3) is 5.91 Å². The molecule has 2 aromatic heterocycles. The Bertz CT molecular complexity index is 919. The molecule has 0 radical (unpaired) electrons. The van der Waals surface area contributed by atoms with E-state index in [0.717, 1.165) is 6.07 Å². The van der Waals surface area contributed by atoms with Crippen LogP contribution in [-0.4, -0.2) is 16.8 Å². The third-order valence-corrected chi connectivity index (χ3v) is 3.99. The van der Waals surface area contributed by atoms with Gasteiger partial charge in [-0.25, -0.2) is 9.37 Å². The van der Waals surface area contributed by atoms with Crippen molar-refractivity contribution in [2.75, 3.05) is 5.32 Å². The van der Waals surface area contributed by atoms with E-state index in [1.165, 1.54) is 36.5 Å². The Balaban J connectivity index is 1.68. The van der Waals surface area contributed by atoms with Crippen molar-refractivity contribution < 1.29 is 18.4 Å². The predicted molar refractivity (Wildman–Crippen MR) is 91.7 cm³/mol. The van der Waals surface area contributed by atoms with Crippen molar-refractivity contribution >= 4 is 28.3 Å². The quantitative estimate of drug-likeness (QED) is 0.731. The molecule has 0 aliphatic rings. The van der Waals surface area contributed by atoms with Gasteiger partial charge in [-0.1, -0.05) is 6.07 Å². The number of nitrogens with zero attached hydrogens (tertiary/aromatic N) is 1. The van der Waals surface area contributed by atoms with E-state index in [-0.39, 0.29) is 11.5 Å². The molecule has 0 spiro atoms. The number of halogens is 1. The van der Waals surface area contributed by atoms with Crippen LogP contribution in [0.5, 0.6) is 0 Å². The van der Waals surface area contributed by atoms with Crippen molar-refractivity contribution in [2.24, 2.45) is 0 Å². The molecular formula is C17H14FN3O3S. The van der Waals surface area contributed by atoms with E-state index < -0.39 is 11.7 Å². The topological polar surface area (TPSA) is 84.2 Å². The highest BCUT2D eigenvalue weighted by Crippen LogP contribution is 2.27. The lowest BCUT2D eigenvalue weighted by atomic mass is 10.2. The Morgan fingerprint density at radius 1 is 1.28 bits per heavy atom. The van der Waals surface area contributed by atoms with Crippen molar-refractivity contribution in [3.8, 4) is 11.5 Å². The summed E-state index contributed by atoms with van der Waals surface area (Å²) in [7, 11) is 0. The van der Waals surface area contributed by atoms with Gasteiger partial charge in [0, 0.05) is 17.9 Å². The summed E-state index contributed by atoms with van der Waals surface area (Å²) in [5, 5.41) is 7.39. The maximum Gasteiger partial charge on any atom is 0.257 e. The zero-order valence-corrected chi connectivity index (χ0v) is 14.0. The Kier molecular flexibility index (Phi) is 4.90. The number of amides is 2. The average molecular weight is 359 g/mol. The lowest BCUT2D eigenvalue weighted by Crippen LogP contribution is -2.18. The van der Waals surface area contributed by atoms with E-state index in [0.29, 0.717) is 28.9 Å². The molecular weight excluding hydrogens is 345 g/mol. The van der Waals surface area contributed by atoms with Gasteiger partial charge in [-0.15, -0.1) is 11.3 Å². The normalized spacial score (nSPS) is 10.5. The summed E-state index contributed by atoms with van der Waals surface area (Å²) in [6, 6.07) is 8.91. The first-order chi connectivity index (χ1) is 12.0. The first-order valence-electron chi connectivity index (χ1n) is 7.37. The highest BCUT2D eigenvalue weighted by atomic mass is 32.1. The van der Waals surface area contributed by atoms with E-state index in [9.17, 15) is 14.0 Å². The number of anilines is 1. The zero-order chi connectivity index (χ0) is 17.8. The monoisotopic (exact) mass is 359 g/mol. The molecule has 0 atom stereocenters. The summed E-state index contributed by atoms with van der Waals surface area (Å²) < 4.78 is 18.8. The van der Waals surface area contributed by atoms with Crippen LogP contribution in [0.2, 0.25) is 0 Å². The van der Waals surface area contributed by atoms with Crippen LogP contribution in [0.15, 0.2) is 46.2 Å². The Morgan fingerprint density at radius 2 is 2.12 bits per heavy atom. The Labute approximate surface area is 146 Å². The molecule has 0 bridgehead atoms. The number of benzene rings is 1. The third-order valence-electron chi connectivity index (χ3n) is 3.24. The fourth-order valence-electron chi connectivity index (χ4n) is 2.07. The van der Waals surface area contributed by atoms with Crippen molar-refractivity contribution in [2.45, 2.75) is 13.5 Å². The van der Waals surface area contributed by atoms with Crippen LogP contribution >= 0.6 is 11.3 Å². The van der Waals surface area contributed by atoms with E-state index in [1.54, 1.807) is 17.5 Å². The number of hydrogen-bond acceptors (Lipinski definition) is 5. The van der Waals surface area contributed by atoms with Gasteiger partial charge in [0.15, 0.2) is 10.9 Å². The molecule has 2 heterocycles. The molecule has 0 aliphatic heterocycles. The first kappa shape index (κ1) is 16.8. The minimum Gasteiger partial charge on any atom is -0.458 e. The van der Waals surface area contributed by atoms with Crippen LogP contribution in [0.4, 0.5) is 9.52 Å². The minimum atomic E-state index is -0.477. The highest BCUT2D eigenvalue weighted by molar-refractivity contribution is 7.14. The van der Waals surface area contributed by atoms with Gasteiger partial charge < -0.3 is 9.73 Å². The molecule has 128 valence electrons. The molecule has 3 rings (SSSR count). The second kappa shape index (κ2) is 7.27. The van der Waals surface area contributed by atoms with Gasteiger partial charge in [-0.2, -0.15) is 0 Å². The van der Waals surface area contributed by atoms with Gasteiger partial charge in [0.1, 0.15) is 17.3 Å². The zero-order valence-electron chi connectivity index (χ0n) is 13.2. The van der Waals surface area contributed by atoms with Crippen LogP contribution in [0, 0.1) is 5.82 Å². The van der Waals surface area contributed by atoms with Crippen LogP contribution in [0.3, 0.4) is 0 Å². The molecule has 3 aromatic rings. The molecule has 0 aliphatic carbocycles. The van der Waals surface area contributed by atoms with Crippen molar-refractivity contribution in [1.82, 2.24) is 10.3 Å². The van der Waals surface area contributed by atoms with Crippen LogP contribution in [-0.2, 0) is 11.3 Å². The number of carbonyl (C=O) groups is 2. The molecule has 0 saturated heterocycles. The highest BCUT2D eigenvalue weighted by Gasteiger charge is 2.13. The van der Waals surface area contributed by atoms with Crippen molar-refractivity contribution in [3.63, 3.8) is 0 Å². The molecule has 1 aromatic carbocycles. The van der Waals surface area contributed by atoms with Crippen LogP contribution < -0.4 is 10.6 Å². The fourth-order valence-corrected chi connectivity index (χ4v) is 2.76.